The zero-order valence-electron chi connectivity index (χ0n) is 21.2. The first-order valence-corrected chi connectivity index (χ1v) is 13.2. The zero-order valence-corrected chi connectivity index (χ0v) is 21.2. The van der Waals surface area contributed by atoms with Crippen molar-refractivity contribution in [1.29, 1.82) is 0 Å². The van der Waals surface area contributed by atoms with Gasteiger partial charge in [-0.3, -0.25) is 14.5 Å². The Kier molecular flexibility index (Phi) is 5.63. The smallest absolute Gasteiger partial charge is 0.259 e. The summed E-state index contributed by atoms with van der Waals surface area (Å²) in [7, 11) is 0. The first-order chi connectivity index (χ1) is 19.2. The van der Waals surface area contributed by atoms with Crippen LogP contribution in [0.5, 0.6) is 0 Å². The maximum absolute atomic E-state index is 14.7. The van der Waals surface area contributed by atoms with Gasteiger partial charge in [0, 0.05) is 29.2 Å². The van der Waals surface area contributed by atoms with Crippen molar-refractivity contribution in [2.45, 2.75) is 24.8 Å². The average molecular weight is 511 g/mol. The minimum atomic E-state index is -0.589. The zero-order chi connectivity index (χ0) is 26.3. The Hall–Kier alpha value is -4.90. The molecular formula is C34H26N2O3. The molecule has 2 aliphatic rings. The number of nitrogens with one attached hydrogen (secondary N) is 1. The number of carbonyl (C=O) groups is 2. The maximum Gasteiger partial charge on any atom is 0.259 e. The summed E-state index contributed by atoms with van der Waals surface area (Å²) in [4.78, 5) is 30.6. The van der Waals surface area contributed by atoms with Crippen molar-refractivity contribution in [2.75, 3.05) is 10.2 Å². The van der Waals surface area contributed by atoms with E-state index in [-0.39, 0.29) is 17.6 Å². The van der Waals surface area contributed by atoms with E-state index in [1.54, 1.807) is 6.26 Å². The summed E-state index contributed by atoms with van der Waals surface area (Å²) in [5.41, 5.74) is 4.49. The number of anilines is 2. The molecule has 5 heteroatoms. The fourth-order valence-electron chi connectivity index (χ4n) is 6.03. The van der Waals surface area contributed by atoms with Crippen LogP contribution in [-0.4, -0.2) is 11.7 Å². The number of nitrogens with zero attached hydrogens (tertiary/aromatic N) is 1. The highest BCUT2D eigenvalue weighted by molar-refractivity contribution is 6.17. The minimum absolute atomic E-state index is 0.0162. The quantitative estimate of drug-likeness (QED) is 0.271. The molecule has 1 aliphatic carbocycles. The van der Waals surface area contributed by atoms with E-state index in [1.807, 2.05) is 114 Å². The van der Waals surface area contributed by atoms with E-state index in [9.17, 15) is 9.59 Å². The van der Waals surface area contributed by atoms with E-state index in [2.05, 4.69) is 5.32 Å². The number of amides is 1. The summed E-state index contributed by atoms with van der Waals surface area (Å²) in [6, 6.07) is 34.6. The van der Waals surface area contributed by atoms with Gasteiger partial charge >= 0.3 is 0 Å². The number of para-hydroxylation sites is 2. The number of rotatable bonds is 3. The van der Waals surface area contributed by atoms with Gasteiger partial charge in [-0.15, -0.1) is 0 Å². The molecule has 5 nitrogen and oxygen atoms in total. The molecule has 4 aromatic carbocycles. The molecular weight excluding hydrogens is 484 g/mol. The van der Waals surface area contributed by atoms with Gasteiger partial charge in [-0.25, -0.2) is 0 Å². The number of furan rings is 1. The number of ketones is 1. The molecule has 7 rings (SSSR count). The topological polar surface area (TPSA) is 62.6 Å². The largest absolute Gasteiger partial charge is 0.469 e. The Bertz CT molecular complexity index is 1730. The highest BCUT2D eigenvalue weighted by Gasteiger charge is 2.42. The van der Waals surface area contributed by atoms with Crippen LogP contribution in [-0.2, 0) is 4.79 Å². The number of Topliss-reactive ketones (excluding diaryl/α,β-unsaturated/α-hetero) is 1. The Morgan fingerprint density at radius 2 is 1.56 bits per heavy atom. The lowest BCUT2D eigenvalue weighted by Crippen LogP contribution is -2.38. The van der Waals surface area contributed by atoms with Crippen molar-refractivity contribution in [3.05, 3.63) is 144 Å². The van der Waals surface area contributed by atoms with Crippen molar-refractivity contribution in [1.82, 2.24) is 0 Å². The van der Waals surface area contributed by atoms with Crippen molar-refractivity contribution < 1.29 is 14.0 Å². The average Bonchev–Trinajstić information content (AvgIpc) is 3.47. The van der Waals surface area contributed by atoms with Crippen LogP contribution in [0, 0.1) is 0 Å². The van der Waals surface area contributed by atoms with E-state index in [1.165, 1.54) is 0 Å². The van der Waals surface area contributed by atoms with Crippen LogP contribution in [0.3, 0.4) is 0 Å². The SMILES string of the molecule is O=C1C[C@@H](c2ccco2)CC2=C1[C@H](c1ccccc1)N(C(=O)c1cccc3ccccc13)c1ccccc1N2. The van der Waals surface area contributed by atoms with Gasteiger partial charge in [0.15, 0.2) is 5.78 Å². The molecule has 39 heavy (non-hydrogen) atoms. The molecule has 2 atom stereocenters. The second kappa shape index (κ2) is 9.44. The van der Waals surface area contributed by atoms with Gasteiger partial charge < -0.3 is 9.73 Å². The predicted molar refractivity (Wildman–Crippen MR) is 153 cm³/mol. The summed E-state index contributed by atoms with van der Waals surface area (Å²) in [5, 5.41) is 5.46. The van der Waals surface area contributed by atoms with E-state index in [4.69, 9.17) is 4.42 Å². The first-order valence-electron chi connectivity index (χ1n) is 13.2. The Morgan fingerprint density at radius 3 is 2.41 bits per heavy atom. The number of fused-ring (bicyclic) bond motifs is 2. The van der Waals surface area contributed by atoms with Crippen LogP contribution in [0.15, 0.2) is 131 Å². The summed E-state index contributed by atoms with van der Waals surface area (Å²) < 4.78 is 5.70. The number of carbonyl (C=O) groups excluding carboxylic acids is 2. The van der Waals surface area contributed by atoms with Crippen LogP contribution in [0.4, 0.5) is 11.4 Å². The van der Waals surface area contributed by atoms with Crippen molar-refractivity contribution in [3.8, 4) is 0 Å². The third-order valence-corrected chi connectivity index (χ3v) is 7.79. The van der Waals surface area contributed by atoms with Crippen molar-refractivity contribution in [3.63, 3.8) is 0 Å². The summed E-state index contributed by atoms with van der Waals surface area (Å²) in [5.74, 6) is 0.601. The molecule has 0 saturated carbocycles. The fourth-order valence-corrected chi connectivity index (χ4v) is 6.03. The Labute approximate surface area is 226 Å². The molecule has 1 N–H and O–H groups in total. The Balaban J connectivity index is 1.46. The van der Waals surface area contributed by atoms with E-state index >= 15 is 0 Å². The molecule has 5 aromatic rings. The van der Waals surface area contributed by atoms with Crippen LogP contribution >= 0.6 is 0 Å². The monoisotopic (exact) mass is 510 g/mol. The van der Waals surface area contributed by atoms with Gasteiger partial charge in [-0.2, -0.15) is 0 Å². The third-order valence-electron chi connectivity index (χ3n) is 7.79. The lowest BCUT2D eigenvalue weighted by atomic mass is 9.80. The first kappa shape index (κ1) is 23.2. The molecule has 0 bridgehead atoms. The number of hydrogen-bond acceptors (Lipinski definition) is 4. The Morgan fingerprint density at radius 1 is 0.795 bits per heavy atom. The van der Waals surface area contributed by atoms with Gasteiger partial charge in [0.1, 0.15) is 5.76 Å². The van der Waals surface area contributed by atoms with Gasteiger partial charge in [0.05, 0.1) is 23.7 Å². The molecule has 1 amide bonds. The predicted octanol–water partition coefficient (Wildman–Crippen LogP) is 7.65. The van der Waals surface area contributed by atoms with Gasteiger partial charge in [0.2, 0.25) is 0 Å². The second-order valence-electron chi connectivity index (χ2n) is 10.1. The number of benzene rings is 4. The van der Waals surface area contributed by atoms with E-state index in [0.717, 1.165) is 39.2 Å². The molecule has 0 spiro atoms. The molecule has 0 radical (unpaired) electrons. The molecule has 0 saturated heterocycles. The minimum Gasteiger partial charge on any atom is -0.469 e. The van der Waals surface area contributed by atoms with Crippen LogP contribution in [0.2, 0.25) is 0 Å². The number of hydrogen-bond donors (Lipinski definition) is 1. The van der Waals surface area contributed by atoms with E-state index in [0.29, 0.717) is 24.0 Å². The normalized spacial score (nSPS) is 18.8. The number of allylic oxidation sites excluding steroid dienone is 1. The van der Waals surface area contributed by atoms with Crippen molar-refractivity contribution >= 4 is 33.8 Å². The fraction of sp³-hybridized carbons (Fsp3) is 0.118. The van der Waals surface area contributed by atoms with Gasteiger partial charge in [-0.05, 0) is 53.1 Å². The van der Waals surface area contributed by atoms with Crippen molar-refractivity contribution in [2.24, 2.45) is 0 Å². The van der Waals surface area contributed by atoms with Crippen LogP contribution in [0.25, 0.3) is 10.8 Å². The molecule has 0 fully saturated rings. The van der Waals surface area contributed by atoms with Gasteiger partial charge in [-0.1, -0.05) is 78.9 Å². The van der Waals surface area contributed by atoms with Crippen LogP contribution in [0.1, 0.15) is 46.5 Å². The summed E-state index contributed by atoms with van der Waals surface area (Å²) in [6.45, 7) is 0. The molecule has 1 aliphatic heterocycles. The van der Waals surface area contributed by atoms with E-state index < -0.39 is 6.04 Å². The third kappa shape index (κ3) is 3.94. The molecule has 2 heterocycles. The molecule has 1 aromatic heterocycles. The summed E-state index contributed by atoms with van der Waals surface area (Å²) >= 11 is 0. The van der Waals surface area contributed by atoms with Crippen LogP contribution < -0.4 is 10.2 Å². The molecule has 0 unspecified atom stereocenters. The summed E-state index contributed by atoms with van der Waals surface area (Å²) in [6.07, 6.45) is 2.59. The van der Waals surface area contributed by atoms with Gasteiger partial charge in [0.25, 0.3) is 5.91 Å². The standard InChI is InChI=1S/C34H26N2O3/c37-30-21-24(31-18-9-19-39-31)20-28-32(30)33(23-11-2-1-3-12-23)36(29-17-7-6-16-27(29)35-28)34(38)26-15-8-13-22-10-4-5-14-25(22)26/h1-19,24,33,35H,20-21H2/t24-,33-/m0/s1. The lowest BCUT2D eigenvalue weighted by Gasteiger charge is -2.35. The lowest BCUT2D eigenvalue weighted by molar-refractivity contribution is -0.116. The molecule has 190 valence electrons. The maximum atomic E-state index is 14.7. The highest BCUT2D eigenvalue weighted by atomic mass is 16.3. The second-order valence-corrected chi connectivity index (χ2v) is 10.1. The highest BCUT2D eigenvalue weighted by Crippen LogP contribution is 2.48.